The monoisotopic (exact) mass is 333 g/mol. The number of para-hydroxylation sites is 1. The van der Waals surface area contributed by atoms with E-state index >= 15 is 0 Å². The molecule has 0 aliphatic carbocycles. The van der Waals surface area contributed by atoms with Gasteiger partial charge in [-0.1, -0.05) is 18.2 Å². The van der Waals surface area contributed by atoms with E-state index in [1.807, 2.05) is 31.2 Å². The summed E-state index contributed by atoms with van der Waals surface area (Å²) in [6.45, 7) is 4.65. The van der Waals surface area contributed by atoms with Crippen molar-refractivity contribution in [3.63, 3.8) is 0 Å². The molecule has 2 aromatic rings. The van der Waals surface area contributed by atoms with E-state index in [2.05, 4.69) is 0 Å². The molecule has 0 aromatic heterocycles. The number of rotatable bonds is 7. The first-order valence-corrected chi connectivity index (χ1v) is 8.03. The zero-order valence-corrected chi connectivity index (χ0v) is 13.9. The first kappa shape index (κ1) is 17.9. The summed E-state index contributed by atoms with van der Waals surface area (Å²) in [5.41, 5.74) is 1.31. The van der Waals surface area contributed by atoms with E-state index in [1.165, 1.54) is 11.0 Å². The van der Waals surface area contributed by atoms with Crippen LogP contribution in [0.1, 0.15) is 25.8 Å². The Balaban J connectivity index is 2.08. The molecule has 0 unspecified atom stereocenters. The third kappa shape index (κ3) is 4.31. The summed E-state index contributed by atoms with van der Waals surface area (Å²) in [4.78, 5) is 13.9. The van der Waals surface area contributed by atoms with Crippen LogP contribution in [0.25, 0.3) is 0 Å². The van der Waals surface area contributed by atoms with E-state index in [0.717, 1.165) is 23.4 Å². The molecule has 0 aliphatic heterocycles. The molecule has 2 rings (SSSR count). The number of ether oxygens (including phenoxy) is 1. The number of halogens is 2. The topological polar surface area (TPSA) is 29.5 Å². The number of hydrogen-bond donors (Lipinski definition) is 0. The summed E-state index contributed by atoms with van der Waals surface area (Å²) in [6, 6.07) is 11.1. The Labute approximate surface area is 140 Å². The van der Waals surface area contributed by atoms with E-state index in [1.54, 1.807) is 6.92 Å². The highest BCUT2D eigenvalue weighted by Crippen LogP contribution is 2.22. The van der Waals surface area contributed by atoms with E-state index in [9.17, 15) is 13.6 Å². The van der Waals surface area contributed by atoms with Gasteiger partial charge in [-0.2, -0.15) is 0 Å². The van der Waals surface area contributed by atoms with Crippen molar-refractivity contribution >= 4 is 11.6 Å². The highest BCUT2D eigenvalue weighted by atomic mass is 19.2. The largest absolute Gasteiger partial charge is 0.494 e. The quantitative estimate of drug-likeness (QED) is 0.754. The Morgan fingerprint density at radius 1 is 1.08 bits per heavy atom. The Morgan fingerprint density at radius 3 is 2.50 bits per heavy atom. The van der Waals surface area contributed by atoms with Gasteiger partial charge < -0.3 is 9.64 Å². The van der Waals surface area contributed by atoms with Crippen molar-refractivity contribution in [3.8, 4) is 5.75 Å². The number of carbonyl (C=O) groups is 1. The molecule has 0 bridgehead atoms. The lowest BCUT2D eigenvalue weighted by molar-refractivity contribution is -0.118. The van der Waals surface area contributed by atoms with Crippen molar-refractivity contribution in [2.45, 2.75) is 26.7 Å². The Hall–Kier alpha value is -2.43. The normalized spacial score (nSPS) is 10.5. The fraction of sp³-hybridized carbons (Fsp3) is 0.316. The zero-order chi connectivity index (χ0) is 17.5. The minimum atomic E-state index is -0.958. The van der Waals surface area contributed by atoms with Gasteiger partial charge in [0.2, 0.25) is 5.91 Å². The van der Waals surface area contributed by atoms with Crippen molar-refractivity contribution in [2.75, 3.05) is 18.1 Å². The highest BCUT2D eigenvalue weighted by molar-refractivity contribution is 5.93. The maximum atomic E-state index is 13.4. The van der Waals surface area contributed by atoms with Gasteiger partial charge in [-0.3, -0.25) is 4.79 Å². The summed E-state index contributed by atoms with van der Waals surface area (Å²) in [5, 5.41) is 0. The van der Waals surface area contributed by atoms with Gasteiger partial charge in [0.1, 0.15) is 5.75 Å². The zero-order valence-electron chi connectivity index (χ0n) is 13.9. The van der Waals surface area contributed by atoms with E-state index in [4.69, 9.17) is 4.74 Å². The van der Waals surface area contributed by atoms with Crippen LogP contribution >= 0.6 is 0 Å². The molecule has 0 saturated carbocycles. The molecular formula is C19H21F2NO2. The molecule has 0 fully saturated rings. The molecule has 5 heteroatoms. The number of hydrogen-bond acceptors (Lipinski definition) is 2. The molecule has 0 heterocycles. The van der Waals surface area contributed by atoms with Gasteiger partial charge in [0.25, 0.3) is 0 Å². The second-order valence-electron chi connectivity index (χ2n) is 5.28. The van der Waals surface area contributed by atoms with E-state index in [-0.39, 0.29) is 12.3 Å². The average molecular weight is 333 g/mol. The smallest absolute Gasteiger partial charge is 0.227 e. The SMILES string of the molecule is CCOc1ccccc1CCC(=O)N(CC)c1ccc(F)c(F)c1. The van der Waals surface area contributed by atoms with Crippen LogP contribution in [0.2, 0.25) is 0 Å². The second kappa shape index (κ2) is 8.43. The molecule has 3 nitrogen and oxygen atoms in total. The van der Waals surface area contributed by atoms with Gasteiger partial charge in [0.15, 0.2) is 11.6 Å². The number of carbonyl (C=O) groups excluding carboxylic acids is 1. The van der Waals surface area contributed by atoms with Gasteiger partial charge in [0.05, 0.1) is 6.61 Å². The van der Waals surface area contributed by atoms with Gasteiger partial charge in [0, 0.05) is 24.7 Å². The number of nitrogens with zero attached hydrogens (tertiary/aromatic N) is 1. The lowest BCUT2D eigenvalue weighted by Gasteiger charge is -2.21. The van der Waals surface area contributed by atoms with E-state index in [0.29, 0.717) is 25.3 Å². The molecule has 2 aromatic carbocycles. The van der Waals surface area contributed by atoms with Crippen molar-refractivity contribution in [3.05, 3.63) is 59.7 Å². The summed E-state index contributed by atoms with van der Waals surface area (Å²) in [6.07, 6.45) is 0.784. The lowest BCUT2D eigenvalue weighted by Crippen LogP contribution is -2.31. The molecule has 0 saturated heterocycles. The molecule has 0 radical (unpaired) electrons. The van der Waals surface area contributed by atoms with Crippen LogP contribution in [0.15, 0.2) is 42.5 Å². The van der Waals surface area contributed by atoms with Crippen LogP contribution in [-0.4, -0.2) is 19.1 Å². The first-order chi connectivity index (χ1) is 11.6. The van der Waals surface area contributed by atoms with Crippen LogP contribution in [0.3, 0.4) is 0 Å². The highest BCUT2D eigenvalue weighted by Gasteiger charge is 2.16. The summed E-state index contributed by atoms with van der Waals surface area (Å²) in [7, 11) is 0. The predicted molar refractivity (Wildman–Crippen MR) is 90.3 cm³/mol. The van der Waals surface area contributed by atoms with Crippen LogP contribution in [-0.2, 0) is 11.2 Å². The van der Waals surface area contributed by atoms with Crippen molar-refractivity contribution in [1.29, 1.82) is 0 Å². The van der Waals surface area contributed by atoms with Crippen LogP contribution in [0, 0.1) is 11.6 Å². The predicted octanol–water partition coefficient (Wildman–Crippen LogP) is 4.35. The molecule has 0 spiro atoms. The van der Waals surface area contributed by atoms with Gasteiger partial charge >= 0.3 is 0 Å². The number of anilines is 1. The minimum absolute atomic E-state index is 0.144. The Bertz CT molecular complexity index is 704. The van der Waals surface area contributed by atoms with Gasteiger partial charge in [-0.05, 0) is 44.0 Å². The molecule has 0 aliphatic rings. The molecule has 128 valence electrons. The van der Waals surface area contributed by atoms with Crippen molar-refractivity contribution in [2.24, 2.45) is 0 Å². The lowest BCUT2D eigenvalue weighted by atomic mass is 10.1. The van der Waals surface area contributed by atoms with Crippen LogP contribution in [0.4, 0.5) is 14.5 Å². The van der Waals surface area contributed by atoms with Gasteiger partial charge in [-0.15, -0.1) is 0 Å². The summed E-state index contributed by atoms with van der Waals surface area (Å²) in [5.74, 6) is -1.26. The Kier molecular flexibility index (Phi) is 6.29. The number of benzene rings is 2. The molecule has 0 N–H and O–H groups in total. The van der Waals surface area contributed by atoms with Crippen LogP contribution < -0.4 is 9.64 Å². The van der Waals surface area contributed by atoms with Crippen molar-refractivity contribution in [1.82, 2.24) is 0 Å². The Morgan fingerprint density at radius 2 is 1.83 bits per heavy atom. The summed E-state index contributed by atoms with van der Waals surface area (Å²) < 4.78 is 32.0. The standard InChI is InChI=1S/C19H21F2NO2/c1-3-22(15-10-11-16(20)17(21)13-15)19(23)12-9-14-7-5-6-8-18(14)24-4-2/h5-8,10-11,13H,3-4,9,12H2,1-2H3. The summed E-state index contributed by atoms with van der Waals surface area (Å²) >= 11 is 0. The molecule has 24 heavy (non-hydrogen) atoms. The molecule has 0 atom stereocenters. The maximum absolute atomic E-state index is 13.4. The minimum Gasteiger partial charge on any atom is -0.494 e. The van der Waals surface area contributed by atoms with Crippen LogP contribution in [0.5, 0.6) is 5.75 Å². The second-order valence-corrected chi connectivity index (χ2v) is 5.28. The number of amides is 1. The third-order valence-corrected chi connectivity index (χ3v) is 3.71. The fourth-order valence-corrected chi connectivity index (χ4v) is 2.54. The molecule has 1 amide bonds. The first-order valence-electron chi connectivity index (χ1n) is 8.03. The van der Waals surface area contributed by atoms with E-state index < -0.39 is 11.6 Å². The van der Waals surface area contributed by atoms with Crippen molar-refractivity contribution < 1.29 is 18.3 Å². The average Bonchev–Trinajstić information content (AvgIpc) is 2.58. The number of aryl methyl sites for hydroxylation is 1. The fourth-order valence-electron chi connectivity index (χ4n) is 2.54. The maximum Gasteiger partial charge on any atom is 0.227 e. The third-order valence-electron chi connectivity index (χ3n) is 3.71. The molecular weight excluding hydrogens is 312 g/mol. The van der Waals surface area contributed by atoms with Gasteiger partial charge in [-0.25, -0.2) is 8.78 Å².